The summed E-state index contributed by atoms with van der Waals surface area (Å²) in [7, 11) is -3.92. The Bertz CT molecular complexity index is 84.2. The molecule has 2 radical (unpaired) electrons. The van der Waals surface area contributed by atoms with Crippen LogP contribution in [0.5, 0.6) is 0 Å². The topological polar surface area (TPSA) is 57.5 Å². The van der Waals surface area contributed by atoms with Gasteiger partial charge < -0.3 is 9.79 Å². The molecule has 0 fully saturated rings. The molecule has 0 aromatic rings. The molecule has 3 nitrogen and oxygen atoms in total. The normalized spacial score (nSPS) is 11.9. The van der Waals surface area contributed by atoms with Crippen LogP contribution in [-0.4, -0.2) is 9.79 Å². The first-order chi connectivity index (χ1) is 3.06. The fourth-order valence-electron chi connectivity index (χ4n) is 0.206. The van der Waals surface area contributed by atoms with Crippen LogP contribution >= 0.6 is 7.60 Å². The van der Waals surface area contributed by atoms with Crippen molar-refractivity contribution in [3.05, 3.63) is 6.16 Å². The fraction of sp³-hybridized carbons (Fsp3) is 0.667. The van der Waals surface area contributed by atoms with Gasteiger partial charge in [0, 0.05) is 0 Å². The summed E-state index contributed by atoms with van der Waals surface area (Å²) in [6.45, 7) is 1.62. The lowest BCUT2D eigenvalue weighted by Gasteiger charge is -1.95. The van der Waals surface area contributed by atoms with E-state index in [1.165, 1.54) is 0 Å². The summed E-state index contributed by atoms with van der Waals surface area (Å²) in [6, 6.07) is 0. The van der Waals surface area contributed by atoms with Crippen LogP contribution in [0.15, 0.2) is 0 Å². The molecular weight excluding hydrogens is 115 g/mol. The highest BCUT2D eigenvalue weighted by Crippen LogP contribution is 2.39. The van der Waals surface area contributed by atoms with E-state index in [0.717, 1.165) is 0 Å². The first-order valence-corrected chi connectivity index (χ1v) is 3.48. The summed E-state index contributed by atoms with van der Waals surface area (Å²) in [4.78, 5) is 16.0. The van der Waals surface area contributed by atoms with Crippen molar-refractivity contribution in [2.45, 2.75) is 13.3 Å². The molecule has 0 saturated heterocycles. The first-order valence-electron chi connectivity index (χ1n) is 1.87. The van der Waals surface area contributed by atoms with Crippen LogP contribution in [0, 0.1) is 6.16 Å². The molecule has 7 heavy (non-hydrogen) atoms. The van der Waals surface area contributed by atoms with Gasteiger partial charge in [0.25, 0.3) is 0 Å². The molecule has 0 aliphatic carbocycles. The van der Waals surface area contributed by atoms with Crippen molar-refractivity contribution in [2.75, 3.05) is 0 Å². The zero-order valence-electron chi connectivity index (χ0n) is 3.96. The Labute approximate surface area is 42.5 Å². The van der Waals surface area contributed by atoms with Crippen molar-refractivity contribution in [3.8, 4) is 0 Å². The predicted octanol–water partition coefficient (Wildman–Crippen LogP) is 0.613. The van der Waals surface area contributed by atoms with Gasteiger partial charge in [-0.1, -0.05) is 6.92 Å². The standard InChI is InChI=1S/C3H7O3P/c1-2-3-7(4,5)6/h2H2,1H3,(H2,4,5,6). The molecule has 2 N–H and O–H groups in total. The molecule has 0 saturated carbocycles. The average Bonchev–Trinajstić information content (AvgIpc) is 1.30. The molecule has 0 aromatic heterocycles. The Balaban J connectivity index is 3.36. The molecule has 42 valence electrons. The van der Waals surface area contributed by atoms with Crippen molar-refractivity contribution >= 4 is 7.60 Å². The second-order valence-electron chi connectivity index (χ2n) is 1.06. The first kappa shape index (κ1) is 7.15. The fourth-order valence-corrected chi connectivity index (χ4v) is 0.618. The van der Waals surface area contributed by atoms with Gasteiger partial charge in [-0.05, 0) is 6.42 Å². The van der Waals surface area contributed by atoms with E-state index in [0.29, 0.717) is 6.42 Å². The number of hydrogen-bond acceptors (Lipinski definition) is 1. The maximum Gasteiger partial charge on any atom is 0.334 e. The Morgan fingerprint density at radius 2 is 2.14 bits per heavy atom. The van der Waals surface area contributed by atoms with Crippen LogP contribution in [0.25, 0.3) is 0 Å². The van der Waals surface area contributed by atoms with Crippen molar-refractivity contribution in [1.29, 1.82) is 0 Å². The highest BCUT2D eigenvalue weighted by Gasteiger charge is 2.10. The van der Waals surface area contributed by atoms with Gasteiger partial charge in [-0.2, -0.15) is 0 Å². The van der Waals surface area contributed by atoms with Crippen molar-refractivity contribution in [1.82, 2.24) is 0 Å². The predicted molar refractivity (Wildman–Crippen MR) is 25.6 cm³/mol. The van der Waals surface area contributed by atoms with Crippen LogP contribution in [0.1, 0.15) is 13.3 Å². The minimum absolute atomic E-state index is 0.296. The van der Waals surface area contributed by atoms with E-state index in [2.05, 4.69) is 0 Å². The number of rotatable bonds is 2. The largest absolute Gasteiger partial charge is 0.334 e. The molecule has 0 aromatic carbocycles. The van der Waals surface area contributed by atoms with Crippen LogP contribution in [0.4, 0.5) is 0 Å². The lowest BCUT2D eigenvalue weighted by molar-refractivity contribution is 0.380. The second-order valence-corrected chi connectivity index (χ2v) is 2.46. The molecule has 0 atom stereocenters. The summed E-state index contributed by atoms with van der Waals surface area (Å²) in [6.07, 6.45) is 2.25. The summed E-state index contributed by atoms with van der Waals surface area (Å²) in [5, 5.41) is 0. The Hall–Kier alpha value is 0.150. The Morgan fingerprint density at radius 1 is 1.71 bits per heavy atom. The molecule has 0 heterocycles. The summed E-state index contributed by atoms with van der Waals surface area (Å²) in [5.41, 5.74) is 0. The SMILES string of the molecule is CC[C]P(=O)(O)O. The maximum atomic E-state index is 9.81. The monoisotopic (exact) mass is 122 g/mol. The van der Waals surface area contributed by atoms with Crippen LogP contribution in [0.3, 0.4) is 0 Å². The molecule has 0 aliphatic rings. The molecule has 0 bridgehead atoms. The van der Waals surface area contributed by atoms with Gasteiger partial charge >= 0.3 is 7.60 Å². The van der Waals surface area contributed by atoms with Gasteiger partial charge in [0.2, 0.25) is 0 Å². The number of hydrogen-bond donors (Lipinski definition) is 2. The Morgan fingerprint density at radius 3 is 2.14 bits per heavy atom. The molecule has 0 unspecified atom stereocenters. The van der Waals surface area contributed by atoms with Gasteiger partial charge in [0.05, 0.1) is 0 Å². The highest BCUT2D eigenvalue weighted by molar-refractivity contribution is 7.54. The third-order valence-electron chi connectivity index (χ3n) is 0.364. The van der Waals surface area contributed by atoms with Gasteiger partial charge in [0.1, 0.15) is 6.16 Å². The Kier molecular flexibility index (Phi) is 2.51. The molecule has 0 amide bonds. The van der Waals surface area contributed by atoms with Gasteiger partial charge in [-0.3, -0.25) is 4.57 Å². The maximum absolute atomic E-state index is 9.81. The van der Waals surface area contributed by atoms with E-state index >= 15 is 0 Å². The van der Waals surface area contributed by atoms with Crippen molar-refractivity contribution < 1.29 is 14.4 Å². The highest BCUT2D eigenvalue weighted by atomic mass is 31.2. The third-order valence-corrected chi connectivity index (χ3v) is 1.09. The molecule has 0 aliphatic heterocycles. The van der Waals surface area contributed by atoms with Crippen molar-refractivity contribution in [3.63, 3.8) is 0 Å². The quantitative estimate of drug-likeness (QED) is 0.527. The van der Waals surface area contributed by atoms with E-state index in [4.69, 9.17) is 9.79 Å². The molecular formula is C3H7O3P. The van der Waals surface area contributed by atoms with E-state index < -0.39 is 7.60 Å². The van der Waals surface area contributed by atoms with E-state index in [1.807, 2.05) is 6.16 Å². The second kappa shape index (κ2) is 2.46. The zero-order valence-corrected chi connectivity index (χ0v) is 4.85. The summed E-state index contributed by atoms with van der Waals surface area (Å²) in [5.74, 6) is 0. The van der Waals surface area contributed by atoms with Crippen LogP contribution in [0.2, 0.25) is 0 Å². The molecule has 4 heteroatoms. The minimum atomic E-state index is -3.92. The van der Waals surface area contributed by atoms with Gasteiger partial charge in [0.15, 0.2) is 0 Å². The molecule has 0 rings (SSSR count). The van der Waals surface area contributed by atoms with E-state index in [9.17, 15) is 4.57 Å². The van der Waals surface area contributed by atoms with Gasteiger partial charge in [-0.15, -0.1) is 0 Å². The third kappa shape index (κ3) is 6.15. The molecule has 0 spiro atoms. The van der Waals surface area contributed by atoms with Crippen molar-refractivity contribution in [2.24, 2.45) is 0 Å². The van der Waals surface area contributed by atoms with Crippen LogP contribution in [-0.2, 0) is 4.57 Å². The lowest BCUT2D eigenvalue weighted by Crippen LogP contribution is -1.74. The van der Waals surface area contributed by atoms with Gasteiger partial charge in [-0.25, -0.2) is 0 Å². The average molecular weight is 122 g/mol. The zero-order chi connectivity index (χ0) is 5.91. The van der Waals surface area contributed by atoms with Crippen LogP contribution < -0.4 is 0 Å². The van der Waals surface area contributed by atoms with E-state index in [1.54, 1.807) is 6.92 Å². The minimum Gasteiger partial charge on any atom is -0.324 e. The smallest absolute Gasteiger partial charge is 0.324 e. The van der Waals surface area contributed by atoms with E-state index in [-0.39, 0.29) is 0 Å². The summed E-state index contributed by atoms with van der Waals surface area (Å²) < 4.78 is 9.81. The lowest BCUT2D eigenvalue weighted by atomic mass is 10.6. The summed E-state index contributed by atoms with van der Waals surface area (Å²) >= 11 is 0.